The predicted molar refractivity (Wildman–Crippen MR) is 97.3 cm³/mol. The van der Waals surface area contributed by atoms with Crippen LogP contribution in [0.4, 0.5) is 0 Å². The van der Waals surface area contributed by atoms with Gasteiger partial charge in [-0.3, -0.25) is 4.79 Å². The van der Waals surface area contributed by atoms with Crippen molar-refractivity contribution in [2.45, 2.75) is 32.1 Å². The van der Waals surface area contributed by atoms with Crippen LogP contribution in [0.25, 0.3) is 0 Å². The third-order valence-electron chi connectivity index (χ3n) is 4.52. The van der Waals surface area contributed by atoms with Crippen LogP contribution in [0.5, 0.6) is 0 Å². The number of amides is 1. The normalized spacial score (nSPS) is 16.7. The fourth-order valence-corrected chi connectivity index (χ4v) is 2.79. The minimum absolute atomic E-state index is 0. The highest BCUT2D eigenvalue weighted by Crippen LogP contribution is 2.30. The quantitative estimate of drug-likeness (QED) is 0.733. The highest BCUT2D eigenvalue weighted by atomic mass is 35.5. The number of nitrogens with zero attached hydrogens (tertiary/aromatic N) is 1. The van der Waals surface area contributed by atoms with E-state index >= 15 is 0 Å². The van der Waals surface area contributed by atoms with E-state index in [1.54, 1.807) is 0 Å². The number of carbonyl (C=O) groups excluding carboxylic acids is 1. The molecule has 2 aliphatic carbocycles. The van der Waals surface area contributed by atoms with Gasteiger partial charge in [-0.15, -0.1) is 12.4 Å². The standard InChI is InChI=1S/C18H25ClN2O.ClH/c19-17-7-5-14(6-8-17)9-10-21(13-16-3-4-16)18(22)12-20-11-15-1-2-15;/h5-8,15-16,20H,1-4,9-13H2;1H. The third kappa shape index (κ3) is 6.70. The Kier molecular flexibility index (Phi) is 7.19. The minimum atomic E-state index is 0. The van der Waals surface area contributed by atoms with Gasteiger partial charge >= 0.3 is 0 Å². The lowest BCUT2D eigenvalue weighted by atomic mass is 10.1. The molecule has 0 aliphatic heterocycles. The Hall–Kier alpha value is -0.770. The van der Waals surface area contributed by atoms with Gasteiger partial charge in [0.2, 0.25) is 5.91 Å². The van der Waals surface area contributed by atoms with Gasteiger partial charge in [-0.25, -0.2) is 0 Å². The molecule has 1 aromatic rings. The molecule has 0 bridgehead atoms. The Morgan fingerprint density at radius 3 is 2.39 bits per heavy atom. The molecule has 3 nitrogen and oxygen atoms in total. The average Bonchev–Trinajstić information content (AvgIpc) is 3.40. The summed E-state index contributed by atoms with van der Waals surface area (Å²) in [4.78, 5) is 14.5. The maximum atomic E-state index is 12.4. The Bertz CT molecular complexity index is 498. The molecule has 2 saturated carbocycles. The lowest BCUT2D eigenvalue weighted by molar-refractivity contribution is -0.130. The molecule has 0 atom stereocenters. The molecular formula is C18H26Cl2N2O. The van der Waals surface area contributed by atoms with Gasteiger partial charge in [0, 0.05) is 18.1 Å². The van der Waals surface area contributed by atoms with E-state index in [0.29, 0.717) is 6.54 Å². The molecule has 0 heterocycles. The highest BCUT2D eigenvalue weighted by Gasteiger charge is 2.27. The van der Waals surface area contributed by atoms with E-state index in [-0.39, 0.29) is 18.3 Å². The van der Waals surface area contributed by atoms with Crippen molar-refractivity contribution in [3.8, 4) is 0 Å². The van der Waals surface area contributed by atoms with Crippen LogP contribution >= 0.6 is 24.0 Å². The molecule has 23 heavy (non-hydrogen) atoms. The third-order valence-corrected chi connectivity index (χ3v) is 4.77. The minimum Gasteiger partial charge on any atom is -0.341 e. The fraction of sp³-hybridized carbons (Fsp3) is 0.611. The van der Waals surface area contributed by atoms with Crippen LogP contribution in [-0.2, 0) is 11.2 Å². The average molecular weight is 357 g/mol. The number of carbonyl (C=O) groups is 1. The molecule has 2 fully saturated rings. The van der Waals surface area contributed by atoms with Crippen molar-refractivity contribution < 1.29 is 4.79 Å². The molecule has 0 unspecified atom stereocenters. The van der Waals surface area contributed by atoms with Crippen LogP contribution in [0.3, 0.4) is 0 Å². The zero-order valence-electron chi connectivity index (χ0n) is 13.5. The summed E-state index contributed by atoms with van der Waals surface area (Å²) in [6, 6.07) is 7.93. The summed E-state index contributed by atoms with van der Waals surface area (Å²) in [7, 11) is 0. The molecule has 2 aliphatic rings. The number of hydrogen-bond acceptors (Lipinski definition) is 2. The van der Waals surface area contributed by atoms with Gasteiger partial charge in [0.15, 0.2) is 0 Å². The Morgan fingerprint density at radius 2 is 1.78 bits per heavy atom. The first-order valence-corrected chi connectivity index (χ1v) is 8.81. The monoisotopic (exact) mass is 356 g/mol. The van der Waals surface area contributed by atoms with Crippen LogP contribution in [0.1, 0.15) is 31.2 Å². The molecular weight excluding hydrogens is 331 g/mol. The predicted octanol–water partition coefficient (Wildman–Crippen LogP) is 3.54. The molecule has 3 rings (SSSR count). The summed E-state index contributed by atoms with van der Waals surface area (Å²) in [5, 5.41) is 4.08. The van der Waals surface area contributed by atoms with Gasteiger partial charge in [0.1, 0.15) is 0 Å². The van der Waals surface area contributed by atoms with Gasteiger partial charge in [-0.2, -0.15) is 0 Å². The fourth-order valence-electron chi connectivity index (χ4n) is 2.66. The van der Waals surface area contributed by atoms with Crippen LogP contribution in [0.15, 0.2) is 24.3 Å². The van der Waals surface area contributed by atoms with E-state index in [1.807, 2.05) is 29.2 Å². The van der Waals surface area contributed by atoms with Crippen molar-refractivity contribution >= 4 is 29.9 Å². The summed E-state index contributed by atoms with van der Waals surface area (Å²) < 4.78 is 0. The van der Waals surface area contributed by atoms with Crippen molar-refractivity contribution in [2.24, 2.45) is 11.8 Å². The van der Waals surface area contributed by atoms with Crippen LogP contribution in [0, 0.1) is 11.8 Å². The van der Waals surface area contributed by atoms with Crippen molar-refractivity contribution in [3.05, 3.63) is 34.9 Å². The second-order valence-corrected chi connectivity index (χ2v) is 7.17. The van der Waals surface area contributed by atoms with Crippen molar-refractivity contribution in [1.82, 2.24) is 10.2 Å². The zero-order chi connectivity index (χ0) is 15.4. The summed E-state index contributed by atoms with van der Waals surface area (Å²) in [5.74, 6) is 1.80. The first-order valence-electron chi connectivity index (χ1n) is 8.43. The Balaban J connectivity index is 0.00000192. The number of halogens is 2. The topological polar surface area (TPSA) is 32.3 Å². The SMILES string of the molecule is Cl.O=C(CNCC1CC1)N(CCc1ccc(Cl)cc1)CC1CC1. The van der Waals surface area contributed by atoms with E-state index in [4.69, 9.17) is 11.6 Å². The summed E-state index contributed by atoms with van der Waals surface area (Å²) in [6.07, 6.45) is 6.10. The summed E-state index contributed by atoms with van der Waals surface area (Å²) >= 11 is 5.92. The maximum absolute atomic E-state index is 12.4. The van der Waals surface area contributed by atoms with E-state index < -0.39 is 0 Å². The highest BCUT2D eigenvalue weighted by molar-refractivity contribution is 6.30. The largest absolute Gasteiger partial charge is 0.341 e. The molecule has 128 valence electrons. The molecule has 5 heteroatoms. The molecule has 0 aromatic heterocycles. The second-order valence-electron chi connectivity index (χ2n) is 6.73. The molecule has 0 radical (unpaired) electrons. The smallest absolute Gasteiger partial charge is 0.236 e. The van der Waals surface area contributed by atoms with Crippen molar-refractivity contribution in [3.63, 3.8) is 0 Å². The van der Waals surface area contributed by atoms with E-state index in [9.17, 15) is 4.79 Å². The van der Waals surface area contributed by atoms with Gasteiger partial charge in [0.05, 0.1) is 6.54 Å². The summed E-state index contributed by atoms with van der Waals surface area (Å²) in [5.41, 5.74) is 1.24. The van der Waals surface area contributed by atoms with Crippen LogP contribution in [0.2, 0.25) is 5.02 Å². The Labute approximate surface area is 150 Å². The number of hydrogen-bond donors (Lipinski definition) is 1. The number of nitrogens with one attached hydrogen (secondary N) is 1. The van der Waals surface area contributed by atoms with E-state index in [1.165, 1.54) is 31.2 Å². The molecule has 0 spiro atoms. The van der Waals surface area contributed by atoms with Gasteiger partial charge in [-0.1, -0.05) is 23.7 Å². The van der Waals surface area contributed by atoms with Gasteiger partial charge in [0.25, 0.3) is 0 Å². The molecule has 1 aromatic carbocycles. The van der Waals surface area contributed by atoms with Crippen molar-refractivity contribution in [1.29, 1.82) is 0 Å². The van der Waals surface area contributed by atoms with E-state index in [2.05, 4.69) is 5.32 Å². The lowest BCUT2D eigenvalue weighted by Gasteiger charge is -2.23. The molecule has 0 saturated heterocycles. The zero-order valence-corrected chi connectivity index (χ0v) is 15.0. The number of rotatable bonds is 9. The van der Waals surface area contributed by atoms with E-state index in [0.717, 1.165) is 42.9 Å². The number of benzene rings is 1. The van der Waals surface area contributed by atoms with Gasteiger partial charge < -0.3 is 10.2 Å². The first kappa shape index (κ1) is 18.6. The first-order chi connectivity index (χ1) is 10.7. The molecule has 1 amide bonds. The maximum Gasteiger partial charge on any atom is 0.236 e. The lowest BCUT2D eigenvalue weighted by Crippen LogP contribution is -2.41. The van der Waals surface area contributed by atoms with Crippen LogP contribution in [-0.4, -0.2) is 37.0 Å². The van der Waals surface area contributed by atoms with Crippen molar-refractivity contribution in [2.75, 3.05) is 26.2 Å². The van der Waals surface area contributed by atoms with Gasteiger partial charge in [-0.05, 0) is 68.2 Å². The Morgan fingerprint density at radius 1 is 1.13 bits per heavy atom. The van der Waals surface area contributed by atoms with Crippen LogP contribution < -0.4 is 5.32 Å². The molecule has 1 N–H and O–H groups in total. The second kappa shape index (κ2) is 8.91. The summed E-state index contributed by atoms with van der Waals surface area (Å²) in [6.45, 7) is 3.23.